The third-order valence-electron chi connectivity index (χ3n) is 3.54. The van der Waals surface area contributed by atoms with Crippen molar-refractivity contribution in [3.8, 4) is 0 Å². The Balaban J connectivity index is 1.98. The van der Waals surface area contributed by atoms with E-state index < -0.39 is 0 Å². The highest BCUT2D eigenvalue weighted by molar-refractivity contribution is 5.94. The zero-order valence-corrected chi connectivity index (χ0v) is 10.7. The van der Waals surface area contributed by atoms with E-state index >= 15 is 0 Å². The second-order valence-electron chi connectivity index (χ2n) is 5.48. The van der Waals surface area contributed by atoms with Crippen LogP contribution in [0.25, 0.3) is 0 Å². The Hall–Kier alpha value is -1.10. The van der Waals surface area contributed by atoms with Crippen LogP contribution in [0, 0.1) is 0 Å². The van der Waals surface area contributed by atoms with Crippen LogP contribution in [0.1, 0.15) is 33.6 Å². The zero-order valence-electron chi connectivity index (χ0n) is 10.7. The summed E-state index contributed by atoms with van der Waals surface area (Å²) in [6.07, 6.45) is 2.01. The van der Waals surface area contributed by atoms with Crippen LogP contribution in [0.3, 0.4) is 0 Å². The number of nitrogens with zero attached hydrogens (tertiary/aromatic N) is 1. The van der Waals surface area contributed by atoms with Gasteiger partial charge in [0.15, 0.2) is 0 Å². The van der Waals surface area contributed by atoms with Crippen LogP contribution in [0.5, 0.6) is 0 Å². The van der Waals surface area contributed by atoms with Gasteiger partial charge in [-0.25, -0.2) is 0 Å². The molecule has 2 amide bonds. The van der Waals surface area contributed by atoms with E-state index in [9.17, 15) is 9.59 Å². The quantitative estimate of drug-likeness (QED) is 0.755. The molecule has 2 heterocycles. The summed E-state index contributed by atoms with van der Waals surface area (Å²) in [6.45, 7) is 6.50. The molecule has 5 nitrogen and oxygen atoms in total. The van der Waals surface area contributed by atoms with Gasteiger partial charge in [0.2, 0.25) is 11.8 Å². The molecule has 0 aliphatic carbocycles. The molecule has 2 aliphatic rings. The fourth-order valence-electron chi connectivity index (χ4n) is 2.46. The summed E-state index contributed by atoms with van der Waals surface area (Å²) >= 11 is 0. The van der Waals surface area contributed by atoms with Crippen LogP contribution < -0.4 is 5.32 Å². The summed E-state index contributed by atoms with van der Waals surface area (Å²) in [5.74, 6) is -0.104. The van der Waals surface area contributed by atoms with E-state index in [0.29, 0.717) is 6.54 Å². The van der Waals surface area contributed by atoms with Gasteiger partial charge in [0.05, 0.1) is 18.2 Å². The van der Waals surface area contributed by atoms with Crippen molar-refractivity contribution < 1.29 is 14.3 Å². The number of rotatable bonds is 2. The van der Waals surface area contributed by atoms with Crippen molar-refractivity contribution in [2.45, 2.75) is 51.4 Å². The molecule has 0 spiro atoms. The molecule has 2 atom stereocenters. The van der Waals surface area contributed by atoms with Crippen LogP contribution in [-0.4, -0.2) is 47.6 Å². The van der Waals surface area contributed by atoms with E-state index in [2.05, 4.69) is 19.2 Å². The van der Waals surface area contributed by atoms with E-state index in [0.717, 1.165) is 12.8 Å². The Labute approximate surface area is 101 Å². The molecule has 1 N–H and O–H groups in total. The third kappa shape index (κ3) is 2.60. The summed E-state index contributed by atoms with van der Waals surface area (Å²) in [7, 11) is 0. The zero-order chi connectivity index (χ0) is 12.6. The van der Waals surface area contributed by atoms with Crippen LogP contribution in [0.15, 0.2) is 0 Å². The highest BCUT2D eigenvalue weighted by Gasteiger charge is 2.37. The van der Waals surface area contributed by atoms with Gasteiger partial charge in [-0.05, 0) is 33.6 Å². The largest absolute Gasteiger partial charge is 0.371 e. The van der Waals surface area contributed by atoms with Gasteiger partial charge in [-0.1, -0.05) is 0 Å². The highest BCUT2D eigenvalue weighted by atomic mass is 16.5. The summed E-state index contributed by atoms with van der Waals surface area (Å²) < 4.78 is 5.86. The molecule has 2 aliphatic heterocycles. The van der Waals surface area contributed by atoms with E-state index in [-0.39, 0.29) is 36.1 Å². The molecule has 96 valence electrons. The maximum Gasteiger partial charge on any atom is 0.242 e. The number of carbonyl (C=O) groups is 2. The lowest BCUT2D eigenvalue weighted by Crippen LogP contribution is -2.58. The monoisotopic (exact) mass is 240 g/mol. The number of ether oxygens (including phenoxy) is 1. The Kier molecular flexibility index (Phi) is 3.12. The van der Waals surface area contributed by atoms with Crippen molar-refractivity contribution in [1.82, 2.24) is 10.2 Å². The smallest absolute Gasteiger partial charge is 0.242 e. The number of hydrogen-bond donors (Lipinski definition) is 1. The van der Waals surface area contributed by atoms with E-state index in [1.807, 2.05) is 0 Å². The molecular weight excluding hydrogens is 220 g/mol. The lowest BCUT2D eigenvalue weighted by Gasteiger charge is -2.34. The molecule has 17 heavy (non-hydrogen) atoms. The second kappa shape index (κ2) is 4.29. The topological polar surface area (TPSA) is 58.6 Å². The van der Waals surface area contributed by atoms with E-state index in [1.165, 1.54) is 0 Å². The number of amides is 2. The standard InChI is InChI=1S/C12H20N2O3/c1-8-11(16)13-6-10(15)14(8)7-9-4-5-12(2,3)17-9/h8-9H,4-7H2,1-3H3,(H,13,16). The predicted molar refractivity (Wildman–Crippen MR) is 62.4 cm³/mol. The molecule has 2 fully saturated rings. The first-order valence-corrected chi connectivity index (χ1v) is 6.14. The Morgan fingerprint density at radius 1 is 1.47 bits per heavy atom. The molecule has 0 aromatic carbocycles. The first-order valence-electron chi connectivity index (χ1n) is 6.14. The molecule has 0 radical (unpaired) electrons. The lowest BCUT2D eigenvalue weighted by atomic mass is 10.1. The molecular formula is C12H20N2O3. The molecule has 5 heteroatoms. The van der Waals surface area contributed by atoms with E-state index in [1.54, 1.807) is 11.8 Å². The van der Waals surface area contributed by atoms with Crippen LogP contribution in [0.2, 0.25) is 0 Å². The minimum Gasteiger partial charge on any atom is -0.371 e. The molecule has 0 aromatic rings. The van der Waals surface area contributed by atoms with Gasteiger partial charge < -0.3 is 15.0 Å². The number of piperazine rings is 1. The van der Waals surface area contributed by atoms with Crippen molar-refractivity contribution in [2.75, 3.05) is 13.1 Å². The van der Waals surface area contributed by atoms with Crippen molar-refractivity contribution >= 4 is 11.8 Å². The Morgan fingerprint density at radius 3 is 2.76 bits per heavy atom. The fourth-order valence-corrected chi connectivity index (χ4v) is 2.46. The molecule has 2 saturated heterocycles. The SMILES string of the molecule is CC1C(=O)NCC(=O)N1CC1CCC(C)(C)O1. The van der Waals surface area contributed by atoms with Gasteiger partial charge in [0, 0.05) is 6.54 Å². The first-order chi connectivity index (χ1) is 7.89. The van der Waals surface area contributed by atoms with E-state index in [4.69, 9.17) is 4.74 Å². The maximum absolute atomic E-state index is 11.8. The lowest BCUT2D eigenvalue weighted by molar-refractivity contribution is -0.147. The minimum absolute atomic E-state index is 0.0228. The molecule has 2 unspecified atom stereocenters. The van der Waals surface area contributed by atoms with Crippen molar-refractivity contribution in [1.29, 1.82) is 0 Å². The highest BCUT2D eigenvalue weighted by Crippen LogP contribution is 2.30. The van der Waals surface area contributed by atoms with Gasteiger partial charge in [0.1, 0.15) is 6.04 Å². The number of nitrogens with one attached hydrogen (secondary N) is 1. The van der Waals surface area contributed by atoms with Crippen molar-refractivity contribution in [2.24, 2.45) is 0 Å². The summed E-state index contributed by atoms with van der Waals surface area (Å²) in [6, 6.07) is -0.386. The maximum atomic E-state index is 11.8. The minimum atomic E-state index is -0.386. The number of hydrogen-bond acceptors (Lipinski definition) is 3. The van der Waals surface area contributed by atoms with Crippen molar-refractivity contribution in [3.63, 3.8) is 0 Å². The third-order valence-corrected chi connectivity index (χ3v) is 3.54. The Bertz CT molecular complexity index is 341. The Morgan fingerprint density at radius 2 is 2.18 bits per heavy atom. The predicted octanol–water partition coefficient (Wildman–Crippen LogP) is 0.291. The average molecular weight is 240 g/mol. The van der Waals surface area contributed by atoms with Gasteiger partial charge in [-0.2, -0.15) is 0 Å². The average Bonchev–Trinajstić information content (AvgIpc) is 2.59. The first kappa shape index (κ1) is 12.4. The van der Waals surface area contributed by atoms with Crippen LogP contribution >= 0.6 is 0 Å². The molecule has 0 aromatic heterocycles. The number of carbonyl (C=O) groups excluding carboxylic acids is 2. The van der Waals surface area contributed by atoms with Crippen LogP contribution in [-0.2, 0) is 14.3 Å². The van der Waals surface area contributed by atoms with Gasteiger partial charge in [-0.15, -0.1) is 0 Å². The summed E-state index contributed by atoms with van der Waals surface area (Å²) in [5.41, 5.74) is -0.102. The molecule has 0 bridgehead atoms. The summed E-state index contributed by atoms with van der Waals surface area (Å²) in [5, 5.41) is 2.58. The fraction of sp³-hybridized carbons (Fsp3) is 0.833. The molecule has 2 rings (SSSR count). The van der Waals surface area contributed by atoms with Gasteiger partial charge >= 0.3 is 0 Å². The normalized spacial score (nSPS) is 32.8. The van der Waals surface area contributed by atoms with Crippen LogP contribution in [0.4, 0.5) is 0 Å². The van der Waals surface area contributed by atoms with Gasteiger partial charge in [0.25, 0.3) is 0 Å². The molecule has 0 saturated carbocycles. The second-order valence-corrected chi connectivity index (χ2v) is 5.48. The summed E-state index contributed by atoms with van der Waals surface area (Å²) in [4.78, 5) is 24.9. The van der Waals surface area contributed by atoms with Gasteiger partial charge in [-0.3, -0.25) is 9.59 Å². The van der Waals surface area contributed by atoms with Crippen molar-refractivity contribution in [3.05, 3.63) is 0 Å².